The Bertz CT molecular complexity index is 969. The van der Waals surface area contributed by atoms with Crippen molar-refractivity contribution < 1.29 is 4.42 Å². The van der Waals surface area contributed by atoms with Crippen molar-refractivity contribution in [1.29, 1.82) is 0 Å². The second-order valence-corrected chi connectivity index (χ2v) is 6.53. The fraction of sp³-hybridized carbons (Fsp3) is 0.0476. The molecule has 0 bridgehead atoms. The van der Waals surface area contributed by atoms with Gasteiger partial charge in [-0.25, -0.2) is 0 Å². The van der Waals surface area contributed by atoms with Crippen LogP contribution in [-0.2, 0) is 0 Å². The molecule has 1 aromatic heterocycles. The van der Waals surface area contributed by atoms with Crippen LogP contribution in [0.1, 0.15) is 5.56 Å². The highest BCUT2D eigenvalue weighted by Crippen LogP contribution is 2.39. The Morgan fingerprint density at radius 3 is 2.04 bits per heavy atom. The first-order chi connectivity index (χ1) is 11.2. The molecule has 4 rings (SSSR count). The lowest BCUT2D eigenvalue weighted by Gasteiger charge is -2.04. The minimum atomic E-state index is 0.941. The number of fused-ring (bicyclic) bond motifs is 1. The van der Waals surface area contributed by atoms with Crippen LogP contribution in [0.15, 0.2) is 81.7 Å². The zero-order valence-electron chi connectivity index (χ0n) is 12.7. The molecule has 0 aliphatic heterocycles. The van der Waals surface area contributed by atoms with E-state index in [-0.39, 0.29) is 0 Å². The molecule has 0 saturated heterocycles. The van der Waals surface area contributed by atoms with E-state index in [1.807, 2.05) is 24.3 Å². The maximum atomic E-state index is 6.30. The van der Waals surface area contributed by atoms with E-state index in [4.69, 9.17) is 4.42 Å². The third-order valence-corrected chi connectivity index (χ3v) is 4.58. The van der Waals surface area contributed by atoms with E-state index in [1.54, 1.807) is 0 Å². The molecule has 1 nitrogen and oxygen atoms in total. The highest BCUT2D eigenvalue weighted by molar-refractivity contribution is 9.10. The number of hydrogen-bond acceptors (Lipinski definition) is 1. The maximum absolute atomic E-state index is 6.30. The highest BCUT2D eigenvalue weighted by Gasteiger charge is 2.16. The Hall–Kier alpha value is -2.32. The molecule has 23 heavy (non-hydrogen) atoms. The number of halogens is 1. The molecule has 4 aromatic rings. The fourth-order valence-corrected chi connectivity index (χ4v) is 3.44. The summed E-state index contributed by atoms with van der Waals surface area (Å²) in [4.78, 5) is 0. The third-order valence-electron chi connectivity index (χ3n) is 4.12. The molecule has 0 unspecified atom stereocenters. The number of aryl methyl sites for hydroxylation is 1. The smallest absolute Gasteiger partial charge is 0.142 e. The molecule has 112 valence electrons. The van der Waals surface area contributed by atoms with E-state index in [0.29, 0.717) is 0 Å². The molecule has 0 aliphatic carbocycles. The summed E-state index contributed by atoms with van der Waals surface area (Å²) in [7, 11) is 0. The lowest BCUT2D eigenvalue weighted by molar-refractivity contribution is 0.630. The van der Waals surface area contributed by atoms with Gasteiger partial charge in [-0.1, -0.05) is 76.6 Å². The van der Waals surface area contributed by atoms with Gasteiger partial charge in [0.1, 0.15) is 11.3 Å². The van der Waals surface area contributed by atoms with E-state index in [9.17, 15) is 0 Å². The molecule has 0 saturated carbocycles. The molecule has 0 spiro atoms. The lowest BCUT2D eigenvalue weighted by Crippen LogP contribution is -1.80. The minimum Gasteiger partial charge on any atom is -0.455 e. The summed E-state index contributed by atoms with van der Waals surface area (Å²) in [5.74, 6) is 0.941. The first-order valence-electron chi connectivity index (χ1n) is 7.57. The zero-order valence-corrected chi connectivity index (χ0v) is 14.3. The van der Waals surface area contributed by atoms with Crippen molar-refractivity contribution in [2.24, 2.45) is 0 Å². The second-order valence-electron chi connectivity index (χ2n) is 5.62. The van der Waals surface area contributed by atoms with Gasteiger partial charge in [-0.15, -0.1) is 0 Å². The van der Waals surface area contributed by atoms with Crippen LogP contribution in [0.2, 0.25) is 0 Å². The van der Waals surface area contributed by atoms with Crippen LogP contribution >= 0.6 is 15.9 Å². The van der Waals surface area contributed by atoms with Crippen molar-refractivity contribution in [2.45, 2.75) is 6.92 Å². The van der Waals surface area contributed by atoms with E-state index in [1.165, 1.54) is 5.56 Å². The van der Waals surface area contributed by atoms with Crippen molar-refractivity contribution >= 4 is 26.9 Å². The number of hydrogen-bond donors (Lipinski definition) is 0. The molecule has 0 N–H and O–H groups in total. The maximum Gasteiger partial charge on any atom is 0.142 e. The average Bonchev–Trinajstić information content (AvgIpc) is 2.93. The third kappa shape index (κ3) is 2.49. The van der Waals surface area contributed by atoms with Gasteiger partial charge in [-0.2, -0.15) is 0 Å². The van der Waals surface area contributed by atoms with Gasteiger partial charge >= 0.3 is 0 Å². The summed E-state index contributed by atoms with van der Waals surface area (Å²) in [6.07, 6.45) is 0. The van der Waals surface area contributed by atoms with Crippen molar-refractivity contribution in [3.05, 3.63) is 82.8 Å². The second kappa shape index (κ2) is 5.71. The van der Waals surface area contributed by atoms with E-state index in [0.717, 1.165) is 37.9 Å². The molecule has 2 heteroatoms. The van der Waals surface area contributed by atoms with Gasteiger partial charge in [-0.3, -0.25) is 0 Å². The standard InChI is InChI=1S/C21H15BrO/c1-14-18-12-17(22)13-19(15-8-4-2-5-9-15)21(18)23-20(14)16-10-6-3-7-11-16/h2-13H,1H3. The molecule has 0 atom stereocenters. The van der Waals surface area contributed by atoms with Crippen LogP contribution in [0.25, 0.3) is 33.4 Å². The number of benzene rings is 3. The monoisotopic (exact) mass is 362 g/mol. The molecule has 3 aromatic carbocycles. The summed E-state index contributed by atoms with van der Waals surface area (Å²) >= 11 is 3.64. The normalized spacial score (nSPS) is 11.0. The molecule has 0 amide bonds. The average molecular weight is 363 g/mol. The Morgan fingerprint density at radius 1 is 0.783 bits per heavy atom. The van der Waals surface area contributed by atoms with E-state index >= 15 is 0 Å². The van der Waals surface area contributed by atoms with Gasteiger partial charge in [0.2, 0.25) is 0 Å². The lowest BCUT2D eigenvalue weighted by atomic mass is 10.0. The van der Waals surface area contributed by atoms with Crippen molar-refractivity contribution in [1.82, 2.24) is 0 Å². The summed E-state index contributed by atoms with van der Waals surface area (Å²) in [6.45, 7) is 2.12. The van der Waals surface area contributed by atoms with Crippen LogP contribution in [0.4, 0.5) is 0 Å². The Kier molecular flexibility index (Phi) is 3.55. The largest absolute Gasteiger partial charge is 0.455 e. The van der Waals surface area contributed by atoms with Gasteiger partial charge in [-0.05, 0) is 24.6 Å². The van der Waals surface area contributed by atoms with Crippen LogP contribution in [0.5, 0.6) is 0 Å². The van der Waals surface area contributed by atoms with Crippen LogP contribution in [-0.4, -0.2) is 0 Å². The van der Waals surface area contributed by atoms with Crippen molar-refractivity contribution in [3.63, 3.8) is 0 Å². The molecular weight excluding hydrogens is 348 g/mol. The minimum absolute atomic E-state index is 0.941. The van der Waals surface area contributed by atoms with Gasteiger partial charge in [0, 0.05) is 26.5 Å². The Morgan fingerprint density at radius 2 is 1.39 bits per heavy atom. The Labute approximate surface area is 143 Å². The van der Waals surface area contributed by atoms with Gasteiger partial charge in [0.05, 0.1) is 0 Å². The van der Waals surface area contributed by atoms with Gasteiger partial charge < -0.3 is 4.42 Å². The van der Waals surface area contributed by atoms with Crippen LogP contribution < -0.4 is 0 Å². The topological polar surface area (TPSA) is 13.1 Å². The fourth-order valence-electron chi connectivity index (χ4n) is 2.98. The van der Waals surface area contributed by atoms with Gasteiger partial charge in [0.25, 0.3) is 0 Å². The first kappa shape index (κ1) is 14.3. The summed E-state index contributed by atoms with van der Waals surface area (Å²) < 4.78 is 7.37. The Balaban J connectivity index is 2.03. The number of furan rings is 1. The quantitative estimate of drug-likeness (QED) is 0.380. The van der Waals surface area contributed by atoms with E-state index in [2.05, 4.69) is 71.4 Å². The first-order valence-corrected chi connectivity index (χ1v) is 8.37. The molecule has 0 aliphatic rings. The SMILES string of the molecule is Cc1c(-c2ccccc2)oc2c(-c3ccccc3)cc(Br)cc12. The van der Waals surface area contributed by atoms with Crippen molar-refractivity contribution in [2.75, 3.05) is 0 Å². The van der Waals surface area contributed by atoms with Gasteiger partial charge in [0.15, 0.2) is 0 Å². The predicted molar refractivity (Wildman–Crippen MR) is 99.5 cm³/mol. The highest BCUT2D eigenvalue weighted by atomic mass is 79.9. The predicted octanol–water partition coefficient (Wildman–Crippen LogP) is 6.84. The zero-order chi connectivity index (χ0) is 15.8. The molecular formula is C21H15BrO. The summed E-state index contributed by atoms with van der Waals surface area (Å²) in [5.41, 5.74) is 5.49. The summed E-state index contributed by atoms with van der Waals surface area (Å²) in [6, 6.07) is 24.9. The number of rotatable bonds is 2. The molecule has 0 radical (unpaired) electrons. The summed E-state index contributed by atoms with van der Waals surface area (Å²) in [5, 5.41) is 1.15. The van der Waals surface area contributed by atoms with Crippen LogP contribution in [0, 0.1) is 6.92 Å². The molecule has 1 heterocycles. The van der Waals surface area contributed by atoms with Crippen LogP contribution in [0.3, 0.4) is 0 Å². The van der Waals surface area contributed by atoms with Crippen molar-refractivity contribution in [3.8, 4) is 22.5 Å². The van der Waals surface area contributed by atoms with E-state index < -0.39 is 0 Å². The molecule has 0 fully saturated rings.